The summed E-state index contributed by atoms with van der Waals surface area (Å²) in [5.41, 5.74) is 0.445. The first-order valence-electron chi connectivity index (χ1n) is 6.03. The Morgan fingerprint density at radius 3 is 2.57 bits per heavy atom. The van der Waals surface area contributed by atoms with E-state index in [0.717, 1.165) is 5.39 Å². The van der Waals surface area contributed by atoms with Crippen LogP contribution >= 0.6 is 11.6 Å². The lowest BCUT2D eigenvalue weighted by Gasteiger charge is -2.11. The summed E-state index contributed by atoms with van der Waals surface area (Å²) in [6.07, 6.45) is 5.91. The molecule has 3 aromatic rings. The van der Waals surface area contributed by atoms with Crippen LogP contribution in [0.2, 0.25) is 5.02 Å². The van der Waals surface area contributed by atoms with Gasteiger partial charge in [-0.3, -0.25) is 14.7 Å². The topological polar surface area (TPSA) is 72.0 Å². The largest absolute Gasteiger partial charge is 0.279 e. The molecule has 0 aliphatic heterocycles. The van der Waals surface area contributed by atoms with Crippen LogP contribution in [0.4, 0.5) is 5.69 Å². The molecule has 0 radical (unpaired) electrons. The number of anilines is 1. The predicted molar refractivity (Wildman–Crippen MR) is 81.8 cm³/mol. The van der Waals surface area contributed by atoms with Gasteiger partial charge in [-0.2, -0.15) is 0 Å². The average Bonchev–Trinajstić information content (AvgIpc) is 2.47. The van der Waals surface area contributed by atoms with Crippen molar-refractivity contribution in [1.82, 2.24) is 9.97 Å². The first kappa shape index (κ1) is 13.8. The monoisotopic (exact) mass is 319 g/mol. The molecule has 0 aliphatic carbocycles. The van der Waals surface area contributed by atoms with Gasteiger partial charge in [-0.05, 0) is 23.6 Å². The van der Waals surface area contributed by atoms with Gasteiger partial charge in [-0.25, -0.2) is 8.42 Å². The first-order chi connectivity index (χ1) is 10.1. The van der Waals surface area contributed by atoms with Crippen LogP contribution in [0.1, 0.15) is 0 Å². The second-order valence-corrected chi connectivity index (χ2v) is 6.37. The van der Waals surface area contributed by atoms with Crippen molar-refractivity contribution in [3.63, 3.8) is 0 Å². The van der Waals surface area contributed by atoms with E-state index in [4.69, 9.17) is 11.6 Å². The minimum Gasteiger partial charge on any atom is -0.279 e. The van der Waals surface area contributed by atoms with E-state index in [1.165, 1.54) is 18.5 Å². The van der Waals surface area contributed by atoms with Crippen LogP contribution in [0.25, 0.3) is 10.8 Å². The number of halogens is 1. The van der Waals surface area contributed by atoms with E-state index in [-0.39, 0.29) is 9.92 Å². The van der Waals surface area contributed by atoms with Crippen molar-refractivity contribution < 1.29 is 8.42 Å². The third kappa shape index (κ3) is 2.68. The number of hydrogen-bond donors (Lipinski definition) is 1. The van der Waals surface area contributed by atoms with Crippen LogP contribution in [-0.4, -0.2) is 18.4 Å². The highest BCUT2D eigenvalue weighted by Crippen LogP contribution is 2.27. The van der Waals surface area contributed by atoms with Gasteiger partial charge < -0.3 is 0 Å². The number of benzene rings is 1. The minimum absolute atomic E-state index is 0.0624. The Kier molecular flexibility index (Phi) is 3.48. The standard InChI is InChI=1S/C14H10ClN3O2S/c15-12-5-7-17-9-14(12)21(19,20)18-13-3-1-2-10-4-6-16-8-11(10)13/h1-9,18H. The molecular formula is C14H10ClN3O2S. The molecule has 7 heteroatoms. The number of nitrogens with one attached hydrogen (secondary N) is 1. The van der Waals surface area contributed by atoms with E-state index in [2.05, 4.69) is 14.7 Å². The molecule has 0 amide bonds. The summed E-state index contributed by atoms with van der Waals surface area (Å²) in [5.74, 6) is 0. The zero-order valence-corrected chi connectivity index (χ0v) is 12.3. The van der Waals surface area contributed by atoms with E-state index < -0.39 is 10.0 Å². The summed E-state index contributed by atoms with van der Waals surface area (Å²) >= 11 is 5.92. The van der Waals surface area contributed by atoms with Crippen molar-refractivity contribution in [3.05, 3.63) is 60.1 Å². The van der Waals surface area contributed by atoms with E-state index in [1.807, 2.05) is 12.1 Å². The zero-order chi connectivity index (χ0) is 14.9. The van der Waals surface area contributed by atoms with Gasteiger partial charge in [-0.15, -0.1) is 0 Å². The van der Waals surface area contributed by atoms with Crippen molar-refractivity contribution in [2.24, 2.45) is 0 Å². The molecule has 0 unspecified atom stereocenters. The summed E-state index contributed by atoms with van der Waals surface area (Å²) in [6, 6.07) is 8.56. The number of hydrogen-bond acceptors (Lipinski definition) is 4. The van der Waals surface area contributed by atoms with Crippen molar-refractivity contribution in [2.45, 2.75) is 4.90 Å². The van der Waals surface area contributed by atoms with Gasteiger partial charge in [0.2, 0.25) is 0 Å². The lowest BCUT2D eigenvalue weighted by Crippen LogP contribution is -2.14. The maximum Gasteiger partial charge on any atom is 0.264 e. The molecule has 2 aromatic heterocycles. The Morgan fingerprint density at radius 2 is 1.76 bits per heavy atom. The quantitative estimate of drug-likeness (QED) is 0.805. The second-order valence-electron chi connectivity index (χ2n) is 4.31. The molecule has 0 bridgehead atoms. The molecule has 0 spiro atoms. The Hall–Kier alpha value is -2.18. The smallest absolute Gasteiger partial charge is 0.264 e. The fraction of sp³-hybridized carbons (Fsp3) is 0. The number of aromatic nitrogens is 2. The molecule has 0 saturated heterocycles. The molecule has 0 atom stereocenters. The van der Waals surface area contributed by atoms with Crippen LogP contribution in [0, 0.1) is 0 Å². The van der Waals surface area contributed by atoms with Crippen LogP contribution in [0.5, 0.6) is 0 Å². The van der Waals surface area contributed by atoms with Crippen LogP contribution < -0.4 is 4.72 Å². The zero-order valence-electron chi connectivity index (χ0n) is 10.7. The van der Waals surface area contributed by atoms with Crippen LogP contribution in [0.3, 0.4) is 0 Å². The Bertz CT molecular complexity index is 907. The van der Waals surface area contributed by atoms with Gasteiger partial charge in [0.1, 0.15) is 4.90 Å². The molecule has 3 rings (SSSR count). The molecular weight excluding hydrogens is 310 g/mol. The number of sulfonamides is 1. The van der Waals surface area contributed by atoms with E-state index in [9.17, 15) is 8.42 Å². The van der Waals surface area contributed by atoms with Gasteiger partial charge in [0.05, 0.1) is 10.7 Å². The lowest BCUT2D eigenvalue weighted by molar-refractivity contribution is 0.601. The number of rotatable bonds is 3. The van der Waals surface area contributed by atoms with Gasteiger partial charge in [0.15, 0.2) is 0 Å². The number of pyridine rings is 2. The van der Waals surface area contributed by atoms with Gasteiger partial charge >= 0.3 is 0 Å². The maximum absolute atomic E-state index is 12.4. The third-order valence-corrected chi connectivity index (χ3v) is 4.79. The Labute approximate surface area is 126 Å². The summed E-state index contributed by atoms with van der Waals surface area (Å²) in [6.45, 7) is 0. The predicted octanol–water partition coefficient (Wildman–Crippen LogP) is 3.08. The van der Waals surface area contributed by atoms with Crippen LogP contribution in [-0.2, 0) is 10.0 Å². The summed E-state index contributed by atoms with van der Waals surface area (Å²) < 4.78 is 27.3. The highest BCUT2D eigenvalue weighted by Gasteiger charge is 2.19. The molecule has 1 aromatic carbocycles. The Morgan fingerprint density at radius 1 is 1.00 bits per heavy atom. The van der Waals surface area contributed by atoms with E-state index in [1.54, 1.807) is 24.5 Å². The molecule has 106 valence electrons. The summed E-state index contributed by atoms with van der Waals surface area (Å²) in [5, 5.41) is 1.72. The fourth-order valence-electron chi connectivity index (χ4n) is 1.96. The second kappa shape index (κ2) is 5.31. The average molecular weight is 320 g/mol. The molecule has 21 heavy (non-hydrogen) atoms. The van der Waals surface area contributed by atoms with Gasteiger partial charge in [-0.1, -0.05) is 23.7 Å². The molecule has 5 nitrogen and oxygen atoms in total. The molecule has 1 N–H and O–H groups in total. The highest BCUT2D eigenvalue weighted by molar-refractivity contribution is 7.92. The molecule has 0 fully saturated rings. The molecule has 2 heterocycles. The summed E-state index contributed by atoms with van der Waals surface area (Å²) in [7, 11) is -3.81. The van der Waals surface area contributed by atoms with Crippen molar-refractivity contribution in [1.29, 1.82) is 0 Å². The van der Waals surface area contributed by atoms with Crippen LogP contribution in [0.15, 0.2) is 60.0 Å². The summed E-state index contributed by atoms with van der Waals surface area (Å²) in [4.78, 5) is 7.76. The van der Waals surface area contributed by atoms with E-state index >= 15 is 0 Å². The minimum atomic E-state index is -3.81. The van der Waals surface area contributed by atoms with Crippen molar-refractivity contribution >= 4 is 38.1 Å². The highest BCUT2D eigenvalue weighted by atomic mass is 35.5. The lowest BCUT2D eigenvalue weighted by atomic mass is 10.1. The fourth-order valence-corrected chi connectivity index (χ4v) is 3.47. The van der Waals surface area contributed by atoms with Crippen molar-refractivity contribution in [3.8, 4) is 0 Å². The number of fused-ring (bicyclic) bond motifs is 1. The SMILES string of the molecule is O=S(=O)(Nc1cccc2ccncc12)c1cnccc1Cl. The molecule has 0 saturated carbocycles. The van der Waals surface area contributed by atoms with Gasteiger partial charge in [0.25, 0.3) is 10.0 Å². The number of nitrogens with zero attached hydrogens (tertiary/aromatic N) is 2. The van der Waals surface area contributed by atoms with Gasteiger partial charge in [0, 0.05) is 30.2 Å². The Balaban J connectivity index is 2.08. The molecule has 0 aliphatic rings. The first-order valence-corrected chi connectivity index (χ1v) is 7.89. The van der Waals surface area contributed by atoms with Crippen molar-refractivity contribution in [2.75, 3.05) is 4.72 Å². The van der Waals surface area contributed by atoms with E-state index in [0.29, 0.717) is 11.1 Å². The maximum atomic E-state index is 12.4. The third-order valence-electron chi connectivity index (χ3n) is 2.95. The normalized spacial score (nSPS) is 11.5.